The highest BCUT2D eigenvalue weighted by molar-refractivity contribution is 8.26. The van der Waals surface area contributed by atoms with Crippen LogP contribution in [0.25, 0.3) is 6.08 Å². The lowest BCUT2D eigenvalue weighted by Crippen LogP contribution is -2.29. The Labute approximate surface area is 186 Å². The van der Waals surface area contributed by atoms with Gasteiger partial charge in [-0.15, -0.1) is 0 Å². The summed E-state index contributed by atoms with van der Waals surface area (Å²) in [5.74, 6) is -0.603. The molecule has 1 aliphatic heterocycles. The predicted octanol–water partition coefficient (Wildman–Crippen LogP) is 4.61. The lowest BCUT2D eigenvalue weighted by atomic mass is 10.2. The molecule has 3 rings (SSSR count). The summed E-state index contributed by atoms with van der Waals surface area (Å²) in [4.78, 5) is 26.4. The Morgan fingerprint density at radius 2 is 2.03 bits per heavy atom. The smallest absolute Gasteiger partial charge is 0.387 e. The van der Waals surface area contributed by atoms with E-state index in [9.17, 15) is 23.5 Å². The van der Waals surface area contributed by atoms with Crippen molar-refractivity contribution in [2.24, 2.45) is 0 Å². The molecular formula is C21H18F2N2O4S2. The van der Waals surface area contributed by atoms with Gasteiger partial charge in [-0.3, -0.25) is 14.5 Å². The molecule has 0 spiro atoms. The summed E-state index contributed by atoms with van der Waals surface area (Å²) in [5.41, 5.74) is 0.817. The summed E-state index contributed by atoms with van der Waals surface area (Å²) < 4.78 is 30.0. The molecule has 0 atom stereocenters. The van der Waals surface area contributed by atoms with Crippen molar-refractivity contribution in [2.75, 3.05) is 11.9 Å². The maximum absolute atomic E-state index is 12.7. The summed E-state index contributed by atoms with van der Waals surface area (Å²) in [6, 6.07) is 12.4. The normalized spacial score (nSPS) is 15.1. The summed E-state index contributed by atoms with van der Waals surface area (Å²) in [7, 11) is 0. The van der Waals surface area contributed by atoms with E-state index in [0.717, 1.165) is 11.8 Å². The second-order valence-corrected chi connectivity index (χ2v) is 8.13. The number of amides is 2. The maximum Gasteiger partial charge on any atom is 0.387 e. The third-order valence-electron chi connectivity index (χ3n) is 4.21. The third-order valence-corrected chi connectivity index (χ3v) is 5.59. The minimum Gasteiger partial charge on any atom is -0.508 e. The number of nitrogens with one attached hydrogen (secondary N) is 1. The number of anilines is 1. The number of thioether (sulfide) groups is 1. The number of carbonyl (C=O) groups excluding carboxylic acids is 2. The van der Waals surface area contributed by atoms with Crippen LogP contribution in [-0.4, -0.2) is 39.3 Å². The maximum atomic E-state index is 12.7. The molecule has 162 valence electrons. The van der Waals surface area contributed by atoms with Crippen LogP contribution in [0.1, 0.15) is 18.4 Å². The Bertz CT molecular complexity index is 1030. The molecule has 10 heteroatoms. The van der Waals surface area contributed by atoms with E-state index in [2.05, 4.69) is 10.1 Å². The van der Waals surface area contributed by atoms with Gasteiger partial charge in [-0.25, -0.2) is 0 Å². The van der Waals surface area contributed by atoms with Crippen molar-refractivity contribution >= 4 is 51.9 Å². The first-order chi connectivity index (χ1) is 14.8. The van der Waals surface area contributed by atoms with Crippen LogP contribution in [0.5, 0.6) is 11.5 Å². The average molecular weight is 465 g/mol. The number of phenols is 1. The first-order valence-electron chi connectivity index (χ1n) is 9.21. The highest BCUT2D eigenvalue weighted by atomic mass is 32.2. The van der Waals surface area contributed by atoms with Gasteiger partial charge in [0.2, 0.25) is 5.91 Å². The molecule has 1 heterocycles. The Hall–Kier alpha value is -2.98. The fourth-order valence-corrected chi connectivity index (χ4v) is 4.14. The quantitative estimate of drug-likeness (QED) is 0.439. The predicted molar refractivity (Wildman–Crippen MR) is 119 cm³/mol. The summed E-state index contributed by atoms with van der Waals surface area (Å²) >= 11 is 6.32. The monoisotopic (exact) mass is 464 g/mol. The number of aromatic hydroxyl groups is 1. The zero-order valence-electron chi connectivity index (χ0n) is 16.1. The van der Waals surface area contributed by atoms with Crippen molar-refractivity contribution in [1.29, 1.82) is 0 Å². The highest BCUT2D eigenvalue weighted by Gasteiger charge is 2.32. The van der Waals surface area contributed by atoms with Gasteiger partial charge in [-0.05, 0) is 30.7 Å². The summed E-state index contributed by atoms with van der Waals surface area (Å²) in [6.45, 7) is -2.74. The molecule has 1 saturated heterocycles. The number of nitrogens with zero attached hydrogens (tertiary/aromatic N) is 1. The number of halogens is 2. The van der Waals surface area contributed by atoms with E-state index in [0.29, 0.717) is 26.9 Å². The molecule has 2 aromatic rings. The minimum atomic E-state index is -2.98. The molecule has 1 fully saturated rings. The second kappa shape index (κ2) is 10.4. The van der Waals surface area contributed by atoms with E-state index in [1.807, 2.05) is 0 Å². The molecule has 2 aromatic carbocycles. The van der Waals surface area contributed by atoms with E-state index < -0.39 is 6.61 Å². The molecule has 0 aromatic heterocycles. The largest absolute Gasteiger partial charge is 0.508 e. The third kappa shape index (κ3) is 6.25. The zero-order valence-corrected chi connectivity index (χ0v) is 17.7. The molecule has 31 heavy (non-hydrogen) atoms. The molecule has 0 radical (unpaired) electrons. The lowest BCUT2D eigenvalue weighted by molar-refractivity contribution is -0.122. The zero-order chi connectivity index (χ0) is 22.4. The van der Waals surface area contributed by atoms with Gasteiger partial charge in [0.1, 0.15) is 15.8 Å². The van der Waals surface area contributed by atoms with Crippen molar-refractivity contribution in [3.8, 4) is 11.5 Å². The summed E-state index contributed by atoms with van der Waals surface area (Å²) in [6.07, 6.45) is 1.98. The number of benzene rings is 2. The number of alkyl halides is 2. The Morgan fingerprint density at radius 3 is 2.77 bits per heavy atom. The van der Waals surface area contributed by atoms with E-state index in [-0.39, 0.29) is 36.3 Å². The van der Waals surface area contributed by atoms with Gasteiger partial charge < -0.3 is 15.2 Å². The van der Waals surface area contributed by atoms with Gasteiger partial charge in [0.25, 0.3) is 5.91 Å². The van der Waals surface area contributed by atoms with Gasteiger partial charge >= 0.3 is 6.61 Å². The van der Waals surface area contributed by atoms with Crippen LogP contribution in [0.3, 0.4) is 0 Å². The fourth-order valence-electron chi connectivity index (χ4n) is 2.84. The number of hydrogen-bond donors (Lipinski definition) is 2. The van der Waals surface area contributed by atoms with E-state index in [4.69, 9.17) is 12.2 Å². The molecular weight excluding hydrogens is 446 g/mol. The standard InChI is InChI=1S/C21H18F2N2O4S2/c22-20(23)29-16-8-2-1-5-13(16)11-17-19(28)25(21(30)31-17)10-4-9-18(27)24-14-6-3-7-15(26)12-14/h1-3,5-8,11-12,20,26H,4,9-10H2,(H,24,27)/b17-11-. The van der Waals surface area contributed by atoms with Crippen LogP contribution in [0, 0.1) is 0 Å². The number of ether oxygens (including phenoxy) is 1. The van der Waals surface area contributed by atoms with E-state index in [1.54, 1.807) is 30.3 Å². The SMILES string of the molecule is O=C(CCCN1C(=O)/C(=C/c2ccccc2OC(F)F)SC1=S)Nc1cccc(O)c1. The molecule has 2 N–H and O–H groups in total. The molecule has 1 aliphatic rings. The average Bonchev–Trinajstić information content (AvgIpc) is 2.96. The van der Waals surface area contributed by atoms with Gasteiger partial charge in [0, 0.05) is 30.3 Å². The van der Waals surface area contributed by atoms with Crippen LogP contribution in [0.4, 0.5) is 14.5 Å². The van der Waals surface area contributed by atoms with Crippen molar-refractivity contribution < 1.29 is 28.2 Å². The molecule has 0 unspecified atom stereocenters. The van der Waals surface area contributed by atoms with Crippen molar-refractivity contribution in [3.05, 3.63) is 59.0 Å². The van der Waals surface area contributed by atoms with E-state index >= 15 is 0 Å². The topological polar surface area (TPSA) is 78.9 Å². The number of rotatable bonds is 8. The van der Waals surface area contributed by atoms with Gasteiger partial charge in [-0.2, -0.15) is 8.78 Å². The van der Waals surface area contributed by atoms with Gasteiger partial charge in [-0.1, -0.05) is 48.2 Å². The van der Waals surface area contributed by atoms with Crippen molar-refractivity contribution in [3.63, 3.8) is 0 Å². The summed E-state index contributed by atoms with van der Waals surface area (Å²) in [5, 5.41) is 12.1. The van der Waals surface area contributed by atoms with Crippen molar-refractivity contribution in [1.82, 2.24) is 4.90 Å². The number of para-hydroxylation sites is 1. The Morgan fingerprint density at radius 1 is 1.26 bits per heavy atom. The molecule has 6 nitrogen and oxygen atoms in total. The number of thiocarbonyl (C=S) groups is 1. The van der Waals surface area contributed by atoms with Crippen molar-refractivity contribution in [2.45, 2.75) is 19.5 Å². The first-order valence-corrected chi connectivity index (χ1v) is 10.4. The Balaban J connectivity index is 1.58. The number of carbonyl (C=O) groups is 2. The van der Waals surface area contributed by atoms with Crippen LogP contribution in [-0.2, 0) is 9.59 Å². The Kier molecular flexibility index (Phi) is 7.59. The number of hydrogen-bond acceptors (Lipinski definition) is 6. The second-order valence-electron chi connectivity index (χ2n) is 6.45. The van der Waals surface area contributed by atoms with Crippen LogP contribution in [0.15, 0.2) is 53.4 Å². The number of phenolic OH excluding ortho intramolecular Hbond substituents is 1. The highest BCUT2D eigenvalue weighted by Crippen LogP contribution is 2.34. The van der Waals surface area contributed by atoms with Gasteiger partial charge in [0.15, 0.2) is 0 Å². The van der Waals surface area contributed by atoms with E-state index in [1.165, 1.54) is 29.2 Å². The molecule has 2 amide bonds. The molecule has 0 bridgehead atoms. The molecule has 0 aliphatic carbocycles. The van der Waals surface area contributed by atoms with Crippen LogP contribution >= 0.6 is 24.0 Å². The first kappa shape index (κ1) is 22.7. The lowest BCUT2D eigenvalue weighted by Gasteiger charge is -2.14. The van der Waals surface area contributed by atoms with Gasteiger partial charge in [0.05, 0.1) is 4.91 Å². The van der Waals surface area contributed by atoms with Crippen LogP contribution in [0.2, 0.25) is 0 Å². The minimum absolute atomic E-state index is 0.0358. The fraction of sp³-hybridized carbons (Fsp3) is 0.190. The van der Waals surface area contributed by atoms with Crippen LogP contribution < -0.4 is 10.1 Å². The molecule has 0 saturated carbocycles.